The zero-order valence-electron chi connectivity index (χ0n) is 18.9. The van der Waals surface area contributed by atoms with Gasteiger partial charge in [0.15, 0.2) is 0 Å². The van der Waals surface area contributed by atoms with E-state index in [1.165, 1.54) is 30.5 Å². The van der Waals surface area contributed by atoms with E-state index in [1.54, 1.807) is 54.6 Å². The van der Waals surface area contributed by atoms with E-state index in [-0.39, 0.29) is 16.6 Å². The molecule has 0 atom stereocenters. The molecule has 0 fully saturated rings. The number of hydrogen-bond donors (Lipinski definition) is 1. The normalized spacial score (nSPS) is 11.2. The Morgan fingerprint density at radius 2 is 1.47 bits per heavy atom. The first kappa shape index (κ1) is 25.2. The smallest absolute Gasteiger partial charge is 0.339 e. The molecular weight excluding hydrogens is 544 g/mol. The van der Waals surface area contributed by atoms with Gasteiger partial charge in [-0.05, 0) is 83.9 Å². The molecule has 7 nitrogen and oxygen atoms in total. The summed E-state index contributed by atoms with van der Waals surface area (Å²) in [6, 6.07) is 28.8. The van der Waals surface area contributed by atoms with Crippen LogP contribution in [0.25, 0.3) is 0 Å². The van der Waals surface area contributed by atoms with E-state index in [9.17, 15) is 13.2 Å². The first-order valence-corrected chi connectivity index (χ1v) is 13.0. The molecule has 0 spiro atoms. The number of benzene rings is 4. The van der Waals surface area contributed by atoms with Gasteiger partial charge in [0.2, 0.25) is 0 Å². The molecule has 0 aliphatic rings. The second-order valence-electron chi connectivity index (χ2n) is 7.56. The molecule has 0 aromatic heterocycles. The minimum Gasteiger partial charge on any atom is -0.489 e. The van der Waals surface area contributed by atoms with Crippen molar-refractivity contribution in [1.29, 1.82) is 0 Å². The Kier molecular flexibility index (Phi) is 8.14. The maximum Gasteiger partial charge on any atom is 0.339 e. The molecule has 0 radical (unpaired) electrons. The molecule has 36 heavy (non-hydrogen) atoms. The van der Waals surface area contributed by atoms with E-state index in [2.05, 4.69) is 26.5 Å². The van der Waals surface area contributed by atoms with Gasteiger partial charge in [0, 0.05) is 10.0 Å². The Balaban J connectivity index is 1.27. The molecule has 1 N–H and O–H groups in total. The van der Waals surface area contributed by atoms with Crippen molar-refractivity contribution < 1.29 is 22.1 Å². The van der Waals surface area contributed by atoms with Crippen LogP contribution in [0.3, 0.4) is 0 Å². The van der Waals surface area contributed by atoms with E-state index in [0.717, 1.165) is 10.0 Å². The van der Waals surface area contributed by atoms with Gasteiger partial charge in [0.25, 0.3) is 5.91 Å². The van der Waals surface area contributed by atoms with E-state index in [1.807, 2.05) is 24.3 Å². The number of hydrazone groups is 1. The molecule has 4 aromatic rings. The van der Waals surface area contributed by atoms with Gasteiger partial charge in [-0.25, -0.2) is 5.43 Å². The quantitative estimate of drug-likeness (QED) is 0.163. The molecular formula is C27H21BrN2O5S. The molecule has 9 heteroatoms. The zero-order chi connectivity index (χ0) is 25.4. The number of ether oxygens (including phenoxy) is 1. The van der Waals surface area contributed by atoms with E-state index in [4.69, 9.17) is 8.92 Å². The fourth-order valence-electron chi connectivity index (χ4n) is 3.05. The van der Waals surface area contributed by atoms with Crippen LogP contribution in [-0.2, 0) is 16.7 Å². The van der Waals surface area contributed by atoms with Crippen LogP contribution in [0.5, 0.6) is 11.5 Å². The lowest BCUT2D eigenvalue weighted by molar-refractivity contribution is 0.0955. The van der Waals surface area contributed by atoms with Crippen LogP contribution < -0.4 is 14.3 Å². The highest BCUT2D eigenvalue weighted by Crippen LogP contribution is 2.19. The Hall–Kier alpha value is -3.95. The van der Waals surface area contributed by atoms with Gasteiger partial charge < -0.3 is 8.92 Å². The van der Waals surface area contributed by atoms with Crippen molar-refractivity contribution in [1.82, 2.24) is 5.43 Å². The van der Waals surface area contributed by atoms with E-state index >= 15 is 0 Å². The van der Waals surface area contributed by atoms with Gasteiger partial charge in [-0.3, -0.25) is 4.79 Å². The average molecular weight is 565 g/mol. The van der Waals surface area contributed by atoms with Crippen molar-refractivity contribution in [2.24, 2.45) is 5.10 Å². The first-order chi connectivity index (χ1) is 17.4. The summed E-state index contributed by atoms with van der Waals surface area (Å²) in [5, 5.41) is 3.96. The summed E-state index contributed by atoms with van der Waals surface area (Å²) in [6.45, 7) is 0.422. The molecule has 0 aliphatic heterocycles. The molecule has 0 saturated heterocycles. The largest absolute Gasteiger partial charge is 0.489 e. The molecule has 0 aliphatic carbocycles. The van der Waals surface area contributed by atoms with Crippen molar-refractivity contribution in [2.75, 3.05) is 0 Å². The maximum absolute atomic E-state index is 12.3. The van der Waals surface area contributed by atoms with Crippen molar-refractivity contribution in [2.45, 2.75) is 11.5 Å². The second kappa shape index (κ2) is 11.7. The Morgan fingerprint density at radius 3 is 2.14 bits per heavy atom. The number of carbonyl (C=O) groups is 1. The lowest BCUT2D eigenvalue weighted by atomic mass is 10.2. The van der Waals surface area contributed by atoms with Crippen LogP contribution in [0, 0.1) is 0 Å². The van der Waals surface area contributed by atoms with Gasteiger partial charge in [0.1, 0.15) is 23.0 Å². The number of rotatable bonds is 9. The lowest BCUT2D eigenvalue weighted by Gasteiger charge is -2.07. The van der Waals surface area contributed by atoms with E-state index in [0.29, 0.717) is 23.5 Å². The average Bonchev–Trinajstić information content (AvgIpc) is 2.90. The second-order valence-corrected chi connectivity index (χ2v) is 10.0. The molecule has 0 heterocycles. The predicted octanol–water partition coefficient (Wildman–Crippen LogP) is 5.56. The standard InChI is InChI=1S/C27H21BrN2O5S/c28-23-12-6-21(7-13-23)19-34-24-16-10-22(11-17-24)27(31)30-29-18-20-8-14-25(15-9-20)35-36(32,33)26-4-2-1-3-5-26/h1-18H,19H2,(H,30,31)/b29-18+. The number of amides is 1. The minimum atomic E-state index is -3.91. The van der Waals surface area contributed by atoms with Crippen LogP contribution in [0.15, 0.2) is 118 Å². The Labute approximate surface area is 217 Å². The van der Waals surface area contributed by atoms with Crippen LogP contribution in [0.2, 0.25) is 0 Å². The summed E-state index contributed by atoms with van der Waals surface area (Å²) in [5.74, 6) is 0.441. The maximum atomic E-state index is 12.3. The number of nitrogens with one attached hydrogen (secondary N) is 1. The van der Waals surface area contributed by atoms with Crippen molar-refractivity contribution >= 4 is 38.2 Å². The van der Waals surface area contributed by atoms with Gasteiger partial charge >= 0.3 is 10.1 Å². The summed E-state index contributed by atoms with van der Waals surface area (Å²) in [6.07, 6.45) is 1.45. The van der Waals surface area contributed by atoms with Gasteiger partial charge in [0.05, 0.1) is 6.21 Å². The number of halogens is 1. The van der Waals surface area contributed by atoms with Gasteiger partial charge in [-0.2, -0.15) is 13.5 Å². The highest BCUT2D eigenvalue weighted by molar-refractivity contribution is 9.10. The highest BCUT2D eigenvalue weighted by Gasteiger charge is 2.15. The van der Waals surface area contributed by atoms with Crippen molar-refractivity contribution in [3.63, 3.8) is 0 Å². The van der Waals surface area contributed by atoms with Crippen molar-refractivity contribution in [3.05, 3.63) is 124 Å². The zero-order valence-corrected chi connectivity index (χ0v) is 21.3. The number of nitrogens with zero attached hydrogens (tertiary/aromatic N) is 1. The van der Waals surface area contributed by atoms with Crippen molar-refractivity contribution in [3.8, 4) is 11.5 Å². The first-order valence-electron chi connectivity index (χ1n) is 10.8. The van der Waals surface area contributed by atoms with Gasteiger partial charge in [-0.1, -0.05) is 46.3 Å². The highest BCUT2D eigenvalue weighted by atomic mass is 79.9. The van der Waals surface area contributed by atoms with Crippen LogP contribution in [0.4, 0.5) is 0 Å². The third kappa shape index (κ3) is 7.03. The summed E-state index contributed by atoms with van der Waals surface area (Å²) < 4.78 is 36.5. The molecule has 4 rings (SSSR count). The van der Waals surface area contributed by atoms with E-state index < -0.39 is 10.1 Å². The Morgan fingerprint density at radius 1 is 0.833 bits per heavy atom. The number of carbonyl (C=O) groups excluding carboxylic acids is 1. The minimum absolute atomic E-state index is 0.0718. The lowest BCUT2D eigenvalue weighted by Crippen LogP contribution is -2.17. The predicted molar refractivity (Wildman–Crippen MR) is 141 cm³/mol. The summed E-state index contributed by atoms with van der Waals surface area (Å²) in [7, 11) is -3.91. The SMILES string of the molecule is O=C(N/N=C/c1ccc(OS(=O)(=O)c2ccccc2)cc1)c1ccc(OCc2ccc(Br)cc2)cc1. The topological polar surface area (TPSA) is 94.1 Å². The summed E-state index contributed by atoms with van der Waals surface area (Å²) >= 11 is 3.40. The fourth-order valence-corrected chi connectivity index (χ4v) is 4.27. The fraction of sp³-hybridized carbons (Fsp3) is 0.0370. The van der Waals surface area contributed by atoms with Crippen LogP contribution in [0.1, 0.15) is 21.5 Å². The third-order valence-electron chi connectivity index (χ3n) is 4.93. The molecule has 0 saturated carbocycles. The Bertz CT molecular complexity index is 1440. The molecule has 0 unspecified atom stereocenters. The van der Waals surface area contributed by atoms with Crippen LogP contribution >= 0.6 is 15.9 Å². The monoisotopic (exact) mass is 564 g/mol. The van der Waals surface area contributed by atoms with Gasteiger partial charge in [-0.15, -0.1) is 0 Å². The summed E-state index contributed by atoms with van der Waals surface area (Å²) in [4.78, 5) is 12.4. The third-order valence-corrected chi connectivity index (χ3v) is 6.72. The molecule has 182 valence electrons. The molecule has 0 bridgehead atoms. The van der Waals surface area contributed by atoms with Crippen LogP contribution in [-0.4, -0.2) is 20.5 Å². The molecule has 1 amide bonds. The molecule has 4 aromatic carbocycles. The number of hydrogen-bond acceptors (Lipinski definition) is 6. The summed E-state index contributed by atoms with van der Waals surface area (Å²) in [5.41, 5.74) is 4.57.